The lowest BCUT2D eigenvalue weighted by atomic mass is 10.2. The van der Waals surface area contributed by atoms with Crippen LogP contribution in [0.4, 0.5) is 11.4 Å². The van der Waals surface area contributed by atoms with Gasteiger partial charge in [0.1, 0.15) is 4.90 Å². The van der Waals surface area contributed by atoms with Crippen LogP contribution < -0.4 is 16.2 Å². The fourth-order valence-electron chi connectivity index (χ4n) is 1.69. The Labute approximate surface area is 112 Å². The molecule has 1 atom stereocenters. The lowest BCUT2D eigenvalue weighted by molar-refractivity contribution is 0.170. The van der Waals surface area contributed by atoms with Crippen molar-refractivity contribution in [3.63, 3.8) is 0 Å². The number of para-hydroxylation sites is 1. The van der Waals surface area contributed by atoms with Crippen LogP contribution in [0.3, 0.4) is 0 Å². The molecule has 1 unspecified atom stereocenters. The summed E-state index contributed by atoms with van der Waals surface area (Å²) < 4.78 is 27.7. The molecule has 0 saturated heterocycles. The second-order valence-electron chi connectivity index (χ2n) is 4.07. The maximum absolute atomic E-state index is 11.3. The average Bonchev–Trinajstić information content (AvgIpc) is 2.31. The van der Waals surface area contributed by atoms with Gasteiger partial charge in [0.15, 0.2) is 0 Å². The van der Waals surface area contributed by atoms with E-state index in [2.05, 4.69) is 5.32 Å². The molecule has 19 heavy (non-hydrogen) atoms. The van der Waals surface area contributed by atoms with Gasteiger partial charge in [-0.1, -0.05) is 6.07 Å². The number of nitrogen functional groups attached to an aromatic ring is 1. The third-order valence-electron chi connectivity index (χ3n) is 2.58. The number of methoxy groups -OCH3 is 1. The lowest BCUT2D eigenvalue weighted by Gasteiger charge is -2.20. The predicted octanol–water partition coefficient (Wildman–Crippen LogP) is -0.274. The van der Waals surface area contributed by atoms with Crippen LogP contribution >= 0.6 is 0 Å². The Morgan fingerprint density at radius 3 is 2.68 bits per heavy atom. The van der Waals surface area contributed by atoms with Gasteiger partial charge < -0.3 is 20.9 Å². The van der Waals surface area contributed by atoms with Crippen molar-refractivity contribution in [2.75, 3.05) is 31.4 Å². The maximum atomic E-state index is 11.3. The Kier molecular flexibility index (Phi) is 5.55. The number of nitrogens with two attached hydrogens (primary N) is 2. The summed E-state index contributed by atoms with van der Waals surface area (Å²) >= 11 is 0. The summed E-state index contributed by atoms with van der Waals surface area (Å²) in [5, 5.41) is 17.1. The molecular formula is C11H19N3O4S. The summed E-state index contributed by atoms with van der Waals surface area (Å²) in [6.45, 7) is 0.343. The Morgan fingerprint density at radius 1 is 1.47 bits per heavy atom. The SMILES string of the molecule is COCC(CCO)Nc1cccc(S(N)(=O)=O)c1N. The first-order valence-electron chi connectivity index (χ1n) is 5.67. The van der Waals surface area contributed by atoms with Crippen molar-refractivity contribution < 1.29 is 18.3 Å². The Bertz CT molecular complexity index is 513. The summed E-state index contributed by atoms with van der Waals surface area (Å²) in [6.07, 6.45) is 0.451. The molecule has 8 heteroatoms. The van der Waals surface area contributed by atoms with E-state index in [1.165, 1.54) is 13.2 Å². The van der Waals surface area contributed by atoms with E-state index in [1.54, 1.807) is 12.1 Å². The van der Waals surface area contributed by atoms with E-state index >= 15 is 0 Å². The Hall–Kier alpha value is -1.35. The smallest absolute Gasteiger partial charge is 0.240 e. The topological polar surface area (TPSA) is 128 Å². The van der Waals surface area contributed by atoms with Crippen LogP contribution in [0, 0.1) is 0 Å². The second kappa shape index (κ2) is 6.71. The molecule has 0 aromatic heterocycles. The van der Waals surface area contributed by atoms with Crippen LogP contribution in [0.25, 0.3) is 0 Å². The number of aliphatic hydroxyl groups is 1. The van der Waals surface area contributed by atoms with Gasteiger partial charge in [-0.2, -0.15) is 0 Å². The molecule has 6 N–H and O–H groups in total. The van der Waals surface area contributed by atoms with Crippen molar-refractivity contribution in [2.24, 2.45) is 5.14 Å². The van der Waals surface area contributed by atoms with Gasteiger partial charge in [0.2, 0.25) is 10.0 Å². The highest BCUT2D eigenvalue weighted by Gasteiger charge is 2.16. The molecule has 0 spiro atoms. The molecule has 0 aliphatic carbocycles. The molecule has 7 nitrogen and oxygen atoms in total. The lowest BCUT2D eigenvalue weighted by Crippen LogP contribution is -2.27. The average molecular weight is 289 g/mol. The van der Waals surface area contributed by atoms with Crippen molar-refractivity contribution in [3.8, 4) is 0 Å². The van der Waals surface area contributed by atoms with Gasteiger partial charge in [-0.05, 0) is 18.6 Å². The van der Waals surface area contributed by atoms with Gasteiger partial charge in [0.25, 0.3) is 0 Å². The highest BCUT2D eigenvalue weighted by molar-refractivity contribution is 7.89. The standard InChI is InChI=1S/C11H19N3O4S/c1-18-7-8(5-6-15)14-9-3-2-4-10(11(9)12)19(13,16)17/h2-4,8,14-15H,5-7,12H2,1H3,(H2,13,16,17). The third-order valence-corrected chi connectivity index (χ3v) is 3.55. The van der Waals surface area contributed by atoms with Gasteiger partial charge in [-0.25, -0.2) is 13.6 Å². The molecule has 0 fully saturated rings. The van der Waals surface area contributed by atoms with Gasteiger partial charge in [-0.3, -0.25) is 0 Å². The molecule has 0 aliphatic heterocycles. The molecule has 0 radical (unpaired) electrons. The fourth-order valence-corrected chi connectivity index (χ4v) is 2.38. The molecule has 108 valence electrons. The summed E-state index contributed by atoms with van der Waals surface area (Å²) in [7, 11) is -2.32. The van der Waals surface area contributed by atoms with Crippen LogP contribution in [-0.4, -0.2) is 39.9 Å². The van der Waals surface area contributed by atoms with Crippen molar-refractivity contribution in [2.45, 2.75) is 17.4 Å². The number of benzene rings is 1. The number of hydrogen-bond donors (Lipinski definition) is 4. The molecule has 0 heterocycles. The number of primary sulfonamides is 1. The van der Waals surface area contributed by atoms with E-state index in [1.807, 2.05) is 0 Å². The molecule has 1 rings (SSSR count). The van der Waals surface area contributed by atoms with Gasteiger partial charge in [-0.15, -0.1) is 0 Å². The highest BCUT2D eigenvalue weighted by Crippen LogP contribution is 2.26. The van der Waals surface area contributed by atoms with Crippen molar-refractivity contribution in [1.29, 1.82) is 0 Å². The number of nitrogens with one attached hydrogen (secondary N) is 1. The van der Waals surface area contributed by atoms with E-state index < -0.39 is 10.0 Å². The minimum atomic E-state index is -3.86. The minimum absolute atomic E-state index is 0.0180. The second-order valence-corrected chi connectivity index (χ2v) is 5.60. The zero-order valence-corrected chi connectivity index (χ0v) is 11.5. The summed E-state index contributed by atoms with van der Waals surface area (Å²) in [5.41, 5.74) is 6.29. The first-order chi connectivity index (χ1) is 8.90. The Balaban J connectivity index is 3.01. The predicted molar refractivity (Wildman–Crippen MR) is 73.2 cm³/mol. The molecule has 0 saturated carbocycles. The Morgan fingerprint density at radius 2 is 2.16 bits per heavy atom. The first kappa shape index (κ1) is 15.7. The van der Waals surface area contributed by atoms with Crippen molar-refractivity contribution >= 4 is 21.4 Å². The molecule has 1 aromatic rings. The van der Waals surface area contributed by atoms with Crippen molar-refractivity contribution in [1.82, 2.24) is 0 Å². The van der Waals surface area contributed by atoms with Crippen LogP contribution in [0.1, 0.15) is 6.42 Å². The van der Waals surface area contributed by atoms with Crippen LogP contribution in [-0.2, 0) is 14.8 Å². The number of anilines is 2. The van der Waals surface area contributed by atoms with E-state index in [4.69, 9.17) is 20.7 Å². The van der Waals surface area contributed by atoms with Crippen LogP contribution in [0.2, 0.25) is 0 Å². The van der Waals surface area contributed by atoms with Crippen molar-refractivity contribution in [3.05, 3.63) is 18.2 Å². The monoisotopic (exact) mass is 289 g/mol. The van der Waals surface area contributed by atoms with Gasteiger partial charge in [0, 0.05) is 13.7 Å². The zero-order chi connectivity index (χ0) is 14.5. The molecule has 0 aliphatic rings. The molecule has 1 aromatic carbocycles. The molecule has 0 amide bonds. The number of sulfonamides is 1. The summed E-state index contributed by atoms with van der Waals surface area (Å²) in [4.78, 5) is -0.127. The van der Waals surface area contributed by atoms with Gasteiger partial charge in [0.05, 0.1) is 24.0 Å². The highest BCUT2D eigenvalue weighted by atomic mass is 32.2. The normalized spacial score (nSPS) is 13.2. The number of rotatable bonds is 7. The third kappa shape index (κ3) is 4.35. The van der Waals surface area contributed by atoms with Gasteiger partial charge >= 0.3 is 0 Å². The minimum Gasteiger partial charge on any atom is -0.396 e. The number of hydrogen-bond acceptors (Lipinski definition) is 6. The summed E-state index contributed by atoms with van der Waals surface area (Å²) in [6, 6.07) is 4.35. The van der Waals surface area contributed by atoms with Crippen LogP contribution in [0.15, 0.2) is 23.1 Å². The number of aliphatic hydroxyl groups excluding tert-OH is 1. The van der Waals surface area contributed by atoms with Crippen LogP contribution in [0.5, 0.6) is 0 Å². The van der Waals surface area contributed by atoms with E-state index in [9.17, 15) is 8.42 Å². The largest absolute Gasteiger partial charge is 0.396 e. The fraction of sp³-hybridized carbons (Fsp3) is 0.455. The van der Waals surface area contributed by atoms with E-state index in [0.717, 1.165) is 0 Å². The molecule has 0 bridgehead atoms. The summed E-state index contributed by atoms with van der Waals surface area (Å²) in [5.74, 6) is 0. The first-order valence-corrected chi connectivity index (χ1v) is 7.22. The van der Waals surface area contributed by atoms with E-state index in [-0.39, 0.29) is 23.2 Å². The van der Waals surface area contributed by atoms with E-state index in [0.29, 0.717) is 18.7 Å². The molecular weight excluding hydrogens is 270 g/mol. The zero-order valence-electron chi connectivity index (χ0n) is 10.7. The number of ether oxygens (including phenoxy) is 1. The quantitative estimate of drug-likeness (QED) is 0.511. The maximum Gasteiger partial charge on any atom is 0.240 e.